The first kappa shape index (κ1) is 15.0. The number of ether oxygens (including phenoxy) is 2. The average molecular weight is 354 g/mol. The van der Waals surface area contributed by atoms with Crippen molar-refractivity contribution in [2.75, 3.05) is 18.5 Å². The molecule has 1 heterocycles. The van der Waals surface area contributed by atoms with Gasteiger partial charge in [-0.05, 0) is 25.3 Å². The van der Waals surface area contributed by atoms with E-state index in [4.69, 9.17) is 9.47 Å². The quantitative estimate of drug-likeness (QED) is 0.828. The summed E-state index contributed by atoms with van der Waals surface area (Å²) in [5, 5.41) is 3.64. The number of amides is 1. The third-order valence-corrected chi connectivity index (χ3v) is 5.23. The van der Waals surface area contributed by atoms with E-state index < -0.39 is 11.2 Å². The lowest BCUT2D eigenvalue weighted by Crippen LogP contribution is -2.51. The summed E-state index contributed by atoms with van der Waals surface area (Å²) in [6.45, 7) is 3.10. The van der Waals surface area contributed by atoms with Crippen molar-refractivity contribution in [2.24, 2.45) is 5.41 Å². The molecule has 1 aromatic rings. The Morgan fingerprint density at radius 3 is 2.43 bits per heavy atom. The number of nitrogens with one attached hydrogen (secondary N) is 1. The van der Waals surface area contributed by atoms with Crippen LogP contribution in [0.1, 0.15) is 31.4 Å². The fraction of sp³-hybridized carbons (Fsp3) is 0.562. The van der Waals surface area contributed by atoms with Crippen LogP contribution in [0, 0.1) is 5.41 Å². The Hall–Kier alpha value is -0.910. The Labute approximate surface area is 133 Å². The number of halogens is 1. The number of hydrogen-bond acceptors (Lipinski definition) is 3. The summed E-state index contributed by atoms with van der Waals surface area (Å²) in [4.78, 5) is 12.8. The molecule has 0 radical (unpaired) electrons. The minimum absolute atomic E-state index is 0.0232. The molecule has 1 saturated carbocycles. The van der Waals surface area contributed by atoms with Crippen LogP contribution in [0.3, 0.4) is 0 Å². The molecule has 1 N–H and O–H groups in total. The second-order valence-corrected chi connectivity index (χ2v) is 6.33. The van der Waals surface area contributed by atoms with Gasteiger partial charge in [-0.1, -0.05) is 46.3 Å². The van der Waals surface area contributed by atoms with E-state index >= 15 is 0 Å². The van der Waals surface area contributed by atoms with Crippen molar-refractivity contribution >= 4 is 21.8 Å². The summed E-state index contributed by atoms with van der Waals surface area (Å²) in [5.41, 5.74) is 0.554. The van der Waals surface area contributed by atoms with Gasteiger partial charge in [0.1, 0.15) is 5.41 Å². The second kappa shape index (κ2) is 5.71. The fourth-order valence-corrected chi connectivity index (χ4v) is 3.86. The van der Waals surface area contributed by atoms with Crippen LogP contribution in [0.5, 0.6) is 0 Å². The first-order valence-electron chi connectivity index (χ1n) is 7.33. The Kier molecular flexibility index (Phi) is 4.08. The Morgan fingerprint density at radius 2 is 1.90 bits per heavy atom. The van der Waals surface area contributed by atoms with Gasteiger partial charge in [-0.15, -0.1) is 0 Å². The molecule has 0 spiro atoms. The lowest BCUT2D eigenvalue weighted by molar-refractivity contribution is -0.192. The van der Waals surface area contributed by atoms with Crippen LogP contribution in [-0.2, 0) is 14.3 Å². The smallest absolute Gasteiger partial charge is 0.232 e. The number of carbonyl (C=O) groups is 1. The summed E-state index contributed by atoms with van der Waals surface area (Å²) >= 11 is 3.46. The molecule has 2 aliphatic rings. The van der Waals surface area contributed by atoms with E-state index in [1.54, 1.807) is 0 Å². The van der Waals surface area contributed by atoms with E-state index in [-0.39, 0.29) is 11.9 Å². The van der Waals surface area contributed by atoms with Gasteiger partial charge >= 0.3 is 0 Å². The topological polar surface area (TPSA) is 47.6 Å². The Balaban J connectivity index is 1.73. The van der Waals surface area contributed by atoms with Gasteiger partial charge in [0, 0.05) is 0 Å². The zero-order valence-corrected chi connectivity index (χ0v) is 13.7. The largest absolute Gasteiger partial charge is 0.349 e. The van der Waals surface area contributed by atoms with Gasteiger partial charge in [-0.25, -0.2) is 0 Å². The molecular weight excluding hydrogens is 334 g/mol. The van der Waals surface area contributed by atoms with Crippen LogP contribution in [0.4, 0.5) is 0 Å². The molecule has 5 heteroatoms. The highest BCUT2D eigenvalue weighted by molar-refractivity contribution is 9.09. The van der Waals surface area contributed by atoms with E-state index in [0.29, 0.717) is 18.5 Å². The lowest BCUT2D eigenvalue weighted by atomic mass is 9.94. The maximum Gasteiger partial charge on any atom is 0.232 e. The zero-order valence-electron chi connectivity index (χ0n) is 12.1. The number of carbonyl (C=O) groups excluding carboxylic acids is 1. The molecule has 1 saturated heterocycles. The van der Waals surface area contributed by atoms with E-state index in [2.05, 4.69) is 21.2 Å². The predicted molar refractivity (Wildman–Crippen MR) is 83.1 cm³/mol. The van der Waals surface area contributed by atoms with Crippen molar-refractivity contribution in [3.05, 3.63) is 35.9 Å². The highest BCUT2D eigenvalue weighted by Gasteiger charge is 2.67. The first-order chi connectivity index (χ1) is 10.1. The molecule has 2 fully saturated rings. The summed E-state index contributed by atoms with van der Waals surface area (Å²) in [5.74, 6) is -0.770. The third-order valence-electron chi connectivity index (χ3n) is 4.49. The molecule has 4 nitrogen and oxygen atoms in total. The van der Waals surface area contributed by atoms with Crippen molar-refractivity contribution in [3.63, 3.8) is 0 Å². The van der Waals surface area contributed by atoms with Gasteiger partial charge in [0.05, 0.1) is 24.6 Å². The molecule has 1 aliphatic heterocycles. The highest BCUT2D eigenvalue weighted by atomic mass is 79.9. The SMILES string of the molecule is CC(NC(=O)C1(C2(CBr)OCCO2)CC1)c1ccccc1. The minimum Gasteiger partial charge on any atom is -0.349 e. The zero-order chi connectivity index (χ0) is 14.9. The van der Waals surface area contributed by atoms with E-state index in [0.717, 1.165) is 18.4 Å². The van der Waals surface area contributed by atoms with Crippen LogP contribution < -0.4 is 5.32 Å². The number of rotatable bonds is 5. The molecule has 0 aromatic heterocycles. The lowest BCUT2D eigenvalue weighted by Gasteiger charge is -2.34. The molecule has 1 aromatic carbocycles. The normalized spacial score (nSPS) is 23.5. The van der Waals surface area contributed by atoms with Gasteiger partial charge in [0.25, 0.3) is 0 Å². The van der Waals surface area contributed by atoms with Crippen LogP contribution in [0.15, 0.2) is 30.3 Å². The van der Waals surface area contributed by atoms with Crippen LogP contribution >= 0.6 is 15.9 Å². The summed E-state index contributed by atoms with van der Waals surface area (Å²) in [7, 11) is 0. The molecule has 21 heavy (non-hydrogen) atoms. The van der Waals surface area contributed by atoms with Crippen LogP contribution in [0.25, 0.3) is 0 Å². The summed E-state index contributed by atoms with van der Waals surface area (Å²) in [6.07, 6.45) is 1.62. The molecule has 3 rings (SSSR count). The maximum atomic E-state index is 12.8. The third kappa shape index (κ3) is 2.51. The molecular formula is C16H20BrNO3. The van der Waals surface area contributed by atoms with Crippen molar-refractivity contribution < 1.29 is 14.3 Å². The molecule has 1 unspecified atom stereocenters. The van der Waals surface area contributed by atoms with Crippen molar-refractivity contribution in [3.8, 4) is 0 Å². The number of benzene rings is 1. The Bertz CT molecular complexity index is 510. The minimum atomic E-state index is -0.798. The molecule has 1 atom stereocenters. The van der Waals surface area contributed by atoms with Gasteiger partial charge in [0.2, 0.25) is 5.91 Å². The number of alkyl halides is 1. The van der Waals surface area contributed by atoms with Gasteiger partial charge in [0.15, 0.2) is 5.79 Å². The van der Waals surface area contributed by atoms with Crippen molar-refractivity contribution in [1.29, 1.82) is 0 Å². The second-order valence-electron chi connectivity index (χ2n) is 5.77. The molecule has 114 valence electrons. The van der Waals surface area contributed by atoms with Crippen molar-refractivity contribution in [1.82, 2.24) is 5.32 Å². The van der Waals surface area contributed by atoms with E-state index in [9.17, 15) is 4.79 Å². The van der Waals surface area contributed by atoms with E-state index in [1.165, 1.54) is 0 Å². The fourth-order valence-electron chi connectivity index (χ4n) is 3.00. The summed E-state index contributed by atoms with van der Waals surface area (Å²) < 4.78 is 11.6. The molecule has 1 aliphatic carbocycles. The van der Waals surface area contributed by atoms with E-state index in [1.807, 2.05) is 37.3 Å². The monoisotopic (exact) mass is 353 g/mol. The van der Waals surface area contributed by atoms with Crippen molar-refractivity contribution in [2.45, 2.75) is 31.6 Å². The van der Waals surface area contributed by atoms with Crippen LogP contribution in [-0.4, -0.2) is 30.2 Å². The molecule has 1 amide bonds. The average Bonchev–Trinajstić information content (AvgIpc) is 3.20. The maximum absolute atomic E-state index is 12.8. The highest BCUT2D eigenvalue weighted by Crippen LogP contribution is 2.58. The first-order valence-corrected chi connectivity index (χ1v) is 8.45. The Morgan fingerprint density at radius 1 is 1.29 bits per heavy atom. The van der Waals surface area contributed by atoms with Gasteiger partial charge in [-0.2, -0.15) is 0 Å². The molecule has 0 bridgehead atoms. The predicted octanol–water partition coefficient (Wildman–Crippen LogP) is 2.78. The van der Waals surface area contributed by atoms with Crippen LogP contribution in [0.2, 0.25) is 0 Å². The number of hydrogen-bond donors (Lipinski definition) is 1. The standard InChI is InChI=1S/C16H20BrNO3/c1-12(13-5-3-2-4-6-13)18-14(19)15(7-8-15)16(11-17)20-9-10-21-16/h2-6,12H,7-11H2,1H3,(H,18,19). The van der Waals surface area contributed by atoms with Gasteiger partial charge in [-0.3, -0.25) is 4.79 Å². The van der Waals surface area contributed by atoms with Gasteiger partial charge < -0.3 is 14.8 Å². The summed E-state index contributed by atoms with van der Waals surface area (Å²) in [6, 6.07) is 9.95.